The third-order valence-corrected chi connectivity index (χ3v) is 4.15. The first kappa shape index (κ1) is 12.2. The smallest absolute Gasteiger partial charge is 0.0789 e. The van der Waals surface area contributed by atoms with Crippen LogP contribution in [0.15, 0.2) is 15.9 Å². The van der Waals surface area contributed by atoms with Crippen LogP contribution in [-0.4, -0.2) is 11.2 Å². The molecule has 0 saturated carbocycles. The standard InChI is InChI=1S/C10H16BrNOS/c1-10(2,3)9(13)7(12)8-6(11)4-5-14-8/h4-5,7,9,13H,12H2,1-3H3. The molecule has 80 valence electrons. The molecule has 3 N–H and O–H groups in total. The molecule has 1 aromatic rings. The Kier molecular flexibility index (Phi) is 3.75. The molecule has 0 radical (unpaired) electrons. The molecule has 0 bridgehead atoms. The normalized spacial score (nSPS) is 16.7. The van der Waals surface area contributed by atoms with Crippen molar-refractivity contribution in [3.63, 3.8) is 0 Å². The van der Waals surface area contributed by atoms with Crippen LogP contribution in [0.5, 0.6) is 0 Å². The number of aliphatic hydroxyl groups is 1. The third kappa shape index (κ3) is 2.57. The van der Waals surface area contributed by atoms with E-state index in [9.17, 15) is 5.11 Å². The first-order valence-corrected chi connectivity index (χ1v) is 6.18. The zero-order valence-electron chi connectivity index (χ0n) is 8.62. The van der Waals surface area contributed by atoms with Crippen LogP contribution in [0.4, 0.5) is 0 Å². The van der Waals surface area contributed by atoms with E-state index in [0.717, 1.165) is 9.35 Å². The van der Waals surface area contributed by atoms with Gasteiger partial charge in [-0.05, 0) is 32.8 Å². The number of aliphatic hydroxyl groups excluding tert-OH is 1. The van der Waals surface area contributed by atoms with Crippen LogP contribution in [-0.2, 0) is 0 Å². The van der Waals surface area contributed by atoms with Gasteiger partial charge in [0.1, 0.15) is 0 Å². The highest BCUT2D eigenvalue weighted by molar-refractivity contribution is 9.10. The molecule has 1 rings (SSSR count). The quantitative estimate of drug-likeness (QED) is 0.873. The van der Waals surface area contributed by atoms with Crippen molar-refractivity contribution in [3.8, 4) is 0 Å². The molecule has 4 heteroatoms. The van der Waals surface area contributed by atoms with Crippen molar-refractivity contribution in [1.82, 2.24) is 0 Å². The van der Waals surface area contributed by atoms with E-state index in [0.29, 0.717) is 0 Å². The van der Waals surface area contributed by atoms with Crippen molar-refractivity contribution in [2.75, 3.05) is 0 Å². The number of rotatable bonds is 2. The van der Waals surface area contributed by atoms with Crippen LogP contribution in [0.2, 0.25) is 0 Å². The van der Waals surface area contributed by atoms with Gasteiger partial charge in [-0.25, -0.2) is 0 Å². The summed E-state index contributed by atoms with van der Waals surface area (Å²) in [6.07, 6.45) is -0.530. The molecule has 14 heavy (non-hydrogen) atoms. The van der Waals surface area contributed by atoms with Crippen molar-refractivity contribution in [3.05, 3.63) is 20.8 Å². The van der Waals surface area contributed by atoms with Gasteiger partial charge in [0.25, 0.3) is 0 Å². The maximum absolute atomic E-state index is 10.0. The van der Waals surface area contributed by atoms with E-state index in [1.807, 2.05) is 32.2 Å². The molecule has 0 aromatic carbocycles. The Bertz CT molecular complexity index is 305. The first-order valence-electron chi connectivity index (χ1n) is 4.50. The van der Waals surface area contributed by atoms with Crippen LogP contribution >= 0.6 is 27.3 Å². The minimum atomic E-state index is -0.530. The van der Waals surface area contributed by atoms with Crippen molar-refractivity contribution in [2.24, 2.45) is 11.1 Å². The van der Waals surface area contributed by atoms with E-state index < -0.39 is 6.10 Å². The molecule has 0 aliphatic heterocycles. The SMILES string of the molecule is CC(C)(C)C(O)C(N)c1sccc1Br. The van der Waals surface area contributed by atoms with E-state index in [2.05, 4.69) is 15.9 Å². The van der Waals surface area contributed by atoms with E-state index >= 15 is 0 Å². The molecule has 0 aliphatic rings. The highest BCUT2D eigenvalue weighted by Crippen LogP contribution is 2.34. The molecule has 0 aliphatic carbocycles. The molecule has 2 atom stereocenters. The Morgan fingerprint density at radius 2 is 2.07 bits per heavy atom. The predicted octanol–water partition coefficient (Wildman–Crippen LogP) is 2.92. The molecular weight excluding hydrogens is 262 g/mol. The summed E-state index contributed by atoms with van der Waals surface area (Å²) >= 11 is 4.99. The number of hydrogen-bond donors (Lipinski definition) is 2. The Hall–Kier alpha value is 0.100. The van der Waals surface area contributed by atoms with Crippen molar-refractivity contribution in [2.45, 2.75) is 32.9 Å². The van der Waals surface area contributed by atoms with Crippen molar-refractivity contribution >= 4 is 27.3 Å². The fraction of sp³-hybridized carbons (Fsp3) is 0.600. The van der Waals surface area contributed by atoms with Crippen LogP contribution in [0.1, 0.15) is 31.7 Å². The largest absolute Gasteiger partial charge is 0.391 e. The molecule has 0 spiro atoms. The number of nitrogens with two attached hydrogens (primary N) is 1. The van der Waals surface area contributed by atoms with Gasteiger partial charge in [0.15, 0.2) is 0 Å². The molecule has 2 unspecified atom stereocenters. The van der Waals surface area contributed by atoms with Gasteiger partial charge in [0.2, 0.25) is 0 Å². The summed E-state index contributed by atoms with van der Waals surface area (Å²) in [4.78, 5) is 1.01. The fourth-order valence-electron chi connectivity index (χ4n) is 1.23. The van der Waals surface area contributed by atoms with Crippen LogP contribution in [0.25, 0.3) is 0 Å². The lowest BCUT2D eigenvalue weighted by Gasteiger charge is -2.30. The lowest BCUT2D eigenvalue weighted by molar-refractivity contribution is 0.0409. The average Bonchev–Trinajstić information content (AvgIpc) is 2.47. The highest BCUT2D eigenvalue weighted by Gasteiger charge is 2.30. The highest BCUT2D eigenvalue weighted by atomic mass is 79.9. The zero-order chi connectivity index (χ0) is 10.9. The second-order valence-corrected chi connectivity index (χ2v) is 6.27. The molecule has 1 heterocycles. The molecule has 2 nitrogen and oxygen atoms in total. The van der Waals surface area contributed by atoms with Crippen LogP contribution in [0.3, 0.4) is 0 Å². The molecule has 1 aromatic heterocycles. The van der Waals surface area contributed by atoms with Gasteiger partial charge in [-0.2, -0.15) is 0 Å². The number of halogens is 1. The summed E-state index contributed by atoms with van der Waals surface area (Å²) in [6.45, 7) is 5.96. The Morgan fingerprint density at radius 3 is 2.43 bits per heavy atom. The summed E-state index contributed by atoms with van der Waals surface area (Å²) in [7, 11) is 0. The summed E-state index contributed by atoms with van der Waals surface area (Å²) < 4.78 is 0.985. The summed E-state index contributed by atoms with van der Waals surface area (Å²) in [6, 6.07) is 1.64. The lowest BCUT2D eigenvalue weighted by atomic mass is 9.84. The Balaban J connectivity index is 2.86. The van der Waals surface area contributed by atoms with Crippen molar-refractivity contribution in [1.29, 1.82) is 0 Å². The summed E-state index contributed by atoms with van der Waals surface area (Å²) in [5.41, 5.74) is 5.81. The van der Waals surface area contributed by atoms with Gasteiger partial charge in [0, 0.05) is 9.35 Å². The van der Waals surface area contributed by atoms with Gasteiger partial charge in [-0.15, -0.1) is 11.3 Å². The van der Waals surface area contributed by atoms with E-state index in [1.165, 1.54) is 0 Å². The zero-order valence-corrected chi connectivity index (χ0v) is 11.0. The van der Waals surface area contributed by atoms with E-state index in [-0.39, 0.29) is 11.5 Å². The van der Waals surface area contributed by atoms with Crippen LogP contribution < -0.4 is 5.73 Å². The van der Waals surface area contributed by atoms with Crippen molar-refractivity contribution < 1.29 is 5.11 Å². The monoisotopic (exact) mass is 277 g/mol. The lowest BCUT2D eigenvalue weighted by Crippen LogP contribution is -2.36. The van der Waals surface area contributed by atoms with E-state index in [4.69, 9.17) is 5.73 Å². The Morgan fingerprint density at radius 1 is 1.50 bits per heavy atom. The van der Waals surface area contributed by atoms with Gasteiger partial charge >= 0.3 is 0 Å². The fourth-order valence-corrected chi connectivity index (χ4v) is 2.89. The molecule has 0 fully saturated rings. The second-order valence-electron chi connectivity index (χ2n) is 4.47. The number of hydrogen-bond acceptors (Lipinski definition) is 3. The van der Waals surface area contributed by atoms with Gasteiger partial charge < -0.3 is 10.8 Å². The maximum Gasteiger partial charge on any atom is 0.0789 e. The van der Waals surface area contributed by atoms with Gasteiger partial charge in [0.05, 0.1) is 12.1 Å². The topological polar surface area (TPSA) is 46.2 Å². The predicted molar refractivity (Wildman–Crippen MR) is 64.4 cm³/mol. The minimum absolute atomic E-state index is 0.192. The van der Waals surface area contributed by atoms with Crippen LogP contribution in [0, 0.1) is 5.41 Å². The summed E-state index contributed by atoms with van der Waals surface area (Å²) in [5.74, 6) is 0. The third-order valence-electron chi connectivity index (χ3n) is 2.17. The summed E-state index contributed by atoms with van der Waals surface area (Å²) in [5, 5.41) is 12.0. The first-order chi connectivity index (χ1) is 6.34. The second kappa shape index (κ2) is 4.31. The molecular formula is C10H16BrNOS. The van der Waals surface area contributed by atoms with Gasteiger partial charge in [-0.1, -0.05) is 20.8 Å². The Labute approximate surface area is 97.3 Å². The van der Waals surface area contributed by atoms with Gasteiger partial charge in [-0.3, -0.25) is 0 Å². The van der Waals surface area contributed by atoms with E-state index in [1.54, 1.807) is 11.3 Å². The minimum Gasteiger partial charge on any atom is -0.391 e. The molecule has 0 saturated heterocycles. The number of thiophene rings is 1. The maximum atomic E-state index is 10.0. The molecule has 0 amide bonds. The average molecular weight is 278 g/mol.